The monoisotopic (exact) mass is 353 g/mol. The molecule has 0 bridgehead atoms. The zero-order valence-electron chi connectivity index (χ0n) is 15.6. The molecule has 0 amide bonds. The number of nitrogens with zero attached hydrogens (tertiary/aromatic N) is 1. The molecule has 1 atom stereocenters. The molecule has 0 N–H and O–H groups in total. The van der Waals surface area contributed by atoms with E-state index in [-0.39, 0.29) is 5.97 Å². The number of ether oxygens (including phenoxy) is 2. The van der Waals surface area contributed by atoms with Crippen molar-refractivity contribution in [2.24, 2.45) is 5.92 Å². The molecule has 1 aliphatic rings. The molecule has 2 aromatic carbocycles. The molecule has 0 saturated carbocycles. The van der Waals surface area contributed by atoms with Gasteiger partial charge in [0, 0.05) is 19.6 Å². The molecule has 138 valence electrons. The number of esters is 1. The Bertz CT molecular complexity index is 662. The molecular weight excluding hydrogens is 326 g/mol. The van der Waals surface area contributed by atoms with Crippen LogP contribution in [0.25, 0.3) is 0 Å². The first-order valence-electron chi connectivity index (χ1n) is 9.19. The molecule has 1 saturated heterocycles. The normalized spacial score (nSPS) is 18.5. The van der Waals surface area contributed by atoms with Gasteiger partial charge < -0.3 is 14.4 Å². The van der Waals surface area contributed by atoms with Crippen LogP contribution in [0.5, 0.6) is 0 Å². The van der Waals surface area contributed by atoms with Crippen LogP contribution in [0.1, 0.15) is 24.0 Å². The fraction of sp³-hybridized carbons (Fsp3) is 0.409. The van der Waals surface area contributed by atoms with E-state index in [0.717, 1.165) is 37.1 Å². The summed E-state index contributed by atoms with van der Waals surface area (Å²) >= 11 is 0. The molecule has 3 rings (SSSR count). The molecule has 1 aliphatic heterocycles. The fourth-order valence-corrected chi connectivity index (χ4v) is 3.77. The van der Waals surface area contributed by atoms with Crippen molar-refractivity contribution in [3.63, 3.8) is 0 Å². The number of rotatable bonds is 6. The van der Waals surface area contributed by atoms with Gasteiger partial charge >= 0.3 is 5.97 Å². The third-order valence-electron chi connectivity index (χ3n) is 5.13. The second-order valence-corrected chi connectivity index (χ2v) is 6.99. The standard InChI is InChI=1S/C22H27NO3/c1-23-15-9-10-18(16-23)17-26-21(24)22(25-2,19-11-5-3-6-12-19)20-13-7-4-8-14-20/h3-8,11-14,18H,9-10,15-17H2,1-2H3. The Kier molecular flexibility index (Phi) is 6.07. The van der Waals surface area contributed by atoms with Crippen LogP contribution in [0.3, 0.4) is 0 Å². The lowest BCUT2D eigenvalue weighted by Crippen LogP contribution is -2.42. The van der Waals surface area contributed by atoms with Crippen LogP contribution >= 0.6 is 0 Å². The first-order chi connectivity index (χ1) is 12.7. The summed E-state index contributed by atoms with van der Waals surface area (Å²) in [4.78, 5) is 15.6. The van der Waals surface area contributed by atoms with Crippen molar-refractivity contribution in [2.75, 3.05) is 33.9 Å². The Morgan fingerprint density at radius 3 is 2.15 bits per heavy atom. The summed E-state index contributed by atoms with van der Waals surface area (Å²) in [5.74, 6) is 0.0180. The predicted octanol–water partition coefficient (Wildman–Crippen LogP) is 3.46. The smallest absolute Gasteiger partial charge is 0.347 e. The van der Waals surface area contributed by atoms with E-state index in [2.05, 4.69) is 11.9 Å². The van der Waals surface area contributed by atoms with Crippen molar-refractivity contribution in [3.05, 3.63) is 71.8 Å². The van der Waals surface area contributed by atoms with Gasteiger partial charge in [-0.15, -0.1) is 0 Å². The number of likely N-dealkylation sites (tertiary alicyclic amines) is 1. The minimum atomic E-state index is -1.25. The summed E-state index contributed by atoms with van der Waals surface area (Å²) in [6, 6.07) is 19.1. The molecule has 0 aromatic heterocycles. The lowest BCUT2D eigenvalue weighted by molar-refractivity contribution is -0.167. The summed E-state index contributed by atoms with van der Waals surface area (Å²) in [5, 5.41) is 0. The highest BCUT2D eigenvalue weighted by molar-refractivity contribution is 5.85. The van der Waals surface area contributed by atoms with Gasteiger partial charge in [0.05, 0.1) is 6.61 Å². The van der Waals surface area contributed by atoms with E-state index in [9.17, 15) is 4.79 Å². The second-order valence-electron chi connectivity index (χ2n) is 6.99. The summed E-state index contributed by atoms with van der Waals surface area (Å²) in [6.45, 7) is 2.50. The third-order valence-corrected chi connectivity index (χ3v) is 5.13. The molecule has 1 fully saturated rings. The number of piperidine rings is 1. The van der Waals surface area contributed by atoms with Crippen molar-refractivity contribution in [2.45, 2.75) is 18.4 Å². The number of hydrogen-bond donors (Lipinski definition) is 0. The molecule has 4 heteroatoms. The average Bonchev–Trinajstić information content (AvgIpc) is 2.69. The molecule has 1 heterocycles. The topological polar surface area (TPSA) is 38.8 Å². The van der Waals surface area contributed by atoms with E-state index in [1.807, 2.05) is 60.7 Å². The quantitative estimate of drug-likeness (QED) is 0.746. The minimum absolute atomic E-state index is 0.356. The number of benzene rings is 2. The van der Waals surface area contributed by atoms with Crippen molar-refractivity contribution < 1.29 is 14.3 Å². The lowest BCUT2D eigenvalue weighted by atomic mass is 9.86. The highest BCUT2D eigenvalue weighted by Crippen LogP contribution is 2.35. The Labute approximate surface area is 155 Å². The van der Waals surface area contributed by atoms with Crippen LogP contribution in [0.4, 0.5) is 0 Å². The van der Waals surface area contributed by atoms with E-state index in [1.165, 1.54) is 0 Å². The van der Waals surface area contributed by atoms with Gasteiger partial charge in [0.15, 0.2) is 0 Å². The van der Waals surface area contributed by atoms with Crippen LogP contribution in [-0.4, -0.2) is 44.7 Å². The van der Waals surface area contributed by atoms with Gasteiger partial charge in [0.1, 0.15) is 0 Å². The van der Waals surface area contributed by atoms with Crippen molar-refractivity contribution in [1.29, 1.82) is 0 Å². The highest BCUT2D eigenvalue weighted by Gasteiger charge is 2.44. The van der Waals surface area contributed by atoms with Gasteiger partial charge in [-0.2, -0.15) is 0 Å². The second kappa shape index (κ2) is 8.47. The fourth-order valence-electron chi connectivity index (χ4n) is 3.77. The van der Waals surface area contributed by atoms with Gasteiger partial charge in [-0.05, 0) is 37.6 Å². The van der Waals surface area contributed by atoms with Crippen LogP contribution in [0.15, 0.2) is 60.7 Å². The first-order valence-corrected chi connectivity index (χ1v) is 9.19. The summed E-state index contributed by atoms with van der Waals surface area (Å²) in [5.41, 5.74) is 0.308. The summed E-state index contributed by atoms with van der Waals surface area (Å²) in [6.07, 6.45) is 2.24. The maximum atomic E-state index is 13.3. The Morgan fingerprint density at radius 1 is 1.08 bits per heavy atom. The summed E-state index contributed by atoms with van der Waals surface area (Å²) < 4.78 is 11.7. The maximum absolute atomic E-state index is 13.3. The van der Waals surface area contributed by atoms with E-state index >= 15 is 0 Å². The summed E-state index contributed by atoms with van der Waals surface area (Å²) in [7, 11) is 3.68. The van der Waals surface area contributed by atoms with E-state index < -0.39 is 5.60 Å². The zero-order chi connectivity index (χ0) is 18.4. The number of methoxy groups -OCH3 is 1. The minimum Gasteiger partial charge on any atom is -0.463 e. The third kappa shape index (κ3) is 3.81. The molecular formula is C22H27NO3. The van der Waals surface area contributed by atoms with Crippen LogP contribution < -0.4 is 0 Å². The number of carbonyl (C=O) groups excluding carboxylic acids is 1. The molecule has 0 aliphatic carbocycles. The SMILES string of the molecule is COC(C(=O)OCC1CCCN(C)C1)(c1ccccc1)c1ccccc1. The Balaban J connectivity index is 1.87. The van der Waals surface area contributed by atoms with Crippen LogP contribution in [0.2, 0.25) is 0 Å². The molecule has 26 heavy (non-hydrogen) atoms. The average molecular weight is 353 g/mol. The highest BCUT2D eigenvalue weighted by atomic mass is 16.6. The zero-order valence-corrected chi connectivity index (χ0v) is 15.6. The van der Waals surface area contributed by atoms with Crippen LogP contribution in [-0.2, 0) is 19.9 Å². The van der Waals surface area contributed by atoms with Gasteiger partial charge in [-0.25, -0.2) is 4.79 Å². The van der Waals surface area contributed by atoms with Gasteiger partial charge in [-0.1, -0.05) is 60.7 Å². The predicted molar refractivity (Wildman–Crippen MR) is 102 cm³/mol. The number of hydrogen-bond acceptors (Lipinski definition) is 4. The molecule has 1 unspecified atom stereocenters. The van der Waals surface area contributed by atoms with E-state index in [0.29, 0.717) is 12.5 Å². The number of carbonyl (C=O) groups is 1. The van der Waals surface area contributed by atoms with Gasteiger partial charge in [-0.3, -0.25) is 0 Å². The van der Waals surface area contributed by atoms with Gasteiger partial charge in [0.25, 0.3) is 0 Å². The Morgan fingerprint density at radius 2 is 1.65 bits per heavy atom. The maximum Gasteiger partial charge on any atom is 0.347 e. The van der Waals surface area contributed by atoms with Crippen molar-refractivity contribution in [1.82, 2.24) is 4.90 Å². The first kappa shape index (κ1) is 18.6. The van der Waals surface area contributed by atoms with Gasteiger partial charge in [0.2, 0.25) is 5.60 Å². The largest absolute Gasteiger partial charge is 0.463 e. The molecule has 2 aromatic rings. The molecule has 0 spiro atoms. The van der Waals surface area contributed by atoms with E-state index in [4.69, 9.17) is 9.47 Å². The van der Waals surface area contributed by atoms with Crippen molar-refractivity contribution in [3.8, 4) is 0 Å². The Hall–Kier alpha value is -2.17. The van der Waals surface area contributed by atoms with Crippen molar-refractivity contribution >= 4 is 5.97 Å². The molecule has 0 radical (unpaired) electrons. The van der Waals surface area contributed by atoms with E-state index in [1.54, 1.807) is 7.11 Å². The lowest BCUT2D eigenvalue weighted by Gasteiger charge is -2.33. The molecule has 4 nitrogen and oxygen atoms in total. The van der Waals surface area contributed by atoms with Crippen LogP contribution in [0, 0.1) is 5.92 Å².